The van der Waals surface area contributed by atoms with Gasteiger partial charge in [0.1, 0.15) is 6.07 Å². The average molecular weight is 295 g/mol. The molecule has 4 nitrogen and oxygen atoms in total. The van der Waals surface area contributed by atoms with Crippen LogP contribution in [0.1, 0.15) is 32.3 Å². The molecule has 0 radical (unpaired) electrons. The predicted octanol–water partition coefficient (Wildman–Crippen LogP) is 3.76. The zero-order valence-electron chi connectivity index (χ0n) is 11.7. The van der Waals surface area contributed by atoms with Crippen LogP contribution in [0.4, 0.5) is 5.69 Å². The van der Waals surface area contributed by atoms with E-state index >= 15 is 0 Å². The van der Waals surface area contributed by atoms with Crippen molar-refractivity contribution in [1.29, 1.82) is 5.26 Å². The van der Waals surface area contributed by atoms with Gasteiger partial charge in [-0.3, -0.25) is 4.79 Å². The summed E-state index contributed by atoms with van der Waals surface area (Å²) in [7, 11) is 0. The normalized spacial score (nSPS) is 11.9. The number of carboxylic acids is 1. The van der Waals surface area contributed by atoms with Crippen molar-refractivity contribution in [2.24, 2.45) is 11.8 Å². The van der Waals surface area contributed by atoms with E-state index in [9.17, 15) is 4.79 Å². The molecule has 108 valence electrons. The standard InChI is InChI=1S/C15H19ClN2O2/c1-10(2)5-11(6-15(19)20)9-18-13-4-3-12(8-17)14(16)7-13/h3-4,7,10-11,18H,5-6,9H2,1-2H3,(H,19,20). The number of halogens is 1. The Morgan fingerprint density at radius 1 is 1.50 bits per heavy atom. The Bertz CT molecular complexity index is 509. The molecule has 0 saturated heterocycles. The highest BCUT2D eigenvalue weighted by Gasteiger charge is 2.15. The maximum absolute atomic E-state index is 10.9. The van der Waals surface area contributed by atoms with E-state index in [0.29, 0.717) is 23.0 Å². The molecule has 0 aliphatic heterocycles. The lowest BCUT2D eigenvalue weighted by Crippen LogP contribution is -2.19. The number of nitriles is 1. The Labute approximate surface area is 124 Å². The van der Waals surface area contributed by atoms with Crippen molar-refractivity contribution in [3.8, 4) is 6.07 Å². The van der Waals surface area contributed by atoms with Crippen molar-refractivity contribution in [3.63, 3.8) is 0 Å². The van der Waals surface area contributed by atoms with Crippen LogP contribution in [0.3, 0.4) is 0 Å². The van der Waals surface area contributed by atoms with Crippen molar-refractivity contribution in [1.82, 2.24) is 0 Å². The van der Waals surface area contributed by atoms with Crippen molar-refractivity contribution >= 4 is 23.3 Å². The smallest absolute Gasteiger partial charge is 0.303 e. The highest BCUT2D eigenvalue weighted by Crippen LogP contribution is 2.22. The van der Waals surface area contributed by atoms with E-state index in [1.165, 1.54) is 0 Å². The number of hydrogen-bond acceptors (Lipinski definition) is 3. The molecular formula is C15H19ClN2O2. The summed E-state index contributed by atoms with van der Waals surface area (Å²) in [5.74, 6) is -0.261. The number of carboxylic acid groups (broad SMARTS) is 1. The molecule has 0 aromatic heterocycles. The molecule has 1 rings (SSSR count). The largest absolute Gasteiger partial charge is 0.481 e. The minimum absolute atomic E-state index is 0.0712. The second-order valence-corrected chi connectivity index (χ2v) is 5.69. The third kappa shape index (κ3) is 5.50. The molecule has 5 heteroatoms. The number of hydrogen-bond donors (Lipinski definition) is 2. The van der Waals surface area contributed by atoms with E-state index in [1.54, 1.807) is 18.2 Å². The first-order valence-corrected chi connectivity index (χ1v) is 6.95. The first-order chi connectivity index (χ1) is 9.42. The third-order valence-corrected chi connectivity index (χ3v) is 3.27. The third-order valence-electron chi connectivity index (χ3n) is 2.95. The summed E-state index contributed by atoms with van der Waals surface area (Å²) in [5, 5.41) is 21.3. The summed E-state index contributed by atoms with van der Waals surface area (Å²) in [5.41, 5.74) is 1.23. The predicted molar refractivity (Wildman–Crippen MR) is 79.9 cm³/mol. The maximum Gasteiger partial charge on any atom is 0.303 e. The molecule has 0 aliphatic rings. The fourth-order valence-corrected chi connectivity index (χ4v) is 2.35. The summed E-state index contributed by atoms with van der Waals surface area (Å²) >= 11 is 5.96. The Morgan fingerprint density at radius 3 is 2.70 bits per heavy atom. The van der Waals surface area contributed by atoms with Gasteiger partial charge in [-0.2, -0.15) is 5.26 Å². The number of nitrogens with one attached hydrogen (secondary N) is 1. The monoisotopic (exact) mass is 294 g/mol. The quantitative estimate of drug-likeness (QED) is 0.803. The van der Waals surface area contributed by atoms with E-state index < -0.39 is 5.97 Å². The van der Waals surface area contributed by atoms with Crippen molar-refractivity contribution in [2.45, 2.75) is 26.7 Å². The number of rotatable bonds is 7. The van der Waals surface area contributed by atoms with Crippen LogP contribution in [-0.2, 0) is 4.79 Å². The van der Waals surface area contributed by atoms with E-state index in [2.05, 4.69) is 19.2 Å². The minimum atomic E-state index is -0.782. The summed E-state index contributed by atoms with van der Waals surface area (Å²) in [6, 6.07) is 7.12. The summed E-state index contributed by atoms with van der Waals surface area (Å²) < 4.78 is 0. The molecular weight excluding hydrogens is 276 g/mol. The van der Waals surface area contributed by atoms with Crippen LogP contribution in [-0.4, -0.2) is 17.6 Å². The second kappa shape index (κ2) is 7.76. The fourth-order valence-electron chi connectivity index (χ4n) is 2.13. The fraction of sp³-hybridized carbons (Fsp3) is 0.467. The molecule has 20 heavy (non-hydrogen) atoms. The van der Waals surface area contributed by atoms with Crippen molar-refractivity contribution < 1.29 is 9.90 Å². The molecule has 0 aliphatic carbocycles. The zero-order chi connectivity index (χ0) is 15.1. The molecule has 0 amide bonds. The summed E-state index contributed by atoms with van der Waals surface area (Å²) in [6.07, 6.45) is 0.999. The van der Waals surface area contributed by atoms with E-state index in [4.69, 9.17) is 22.0 Å². The Balaban J connectivity index is 2.64. The molecule has 1 unspecified atom stereocenters. The molecule has 0 spiro atoms. The van der Waals surface area contributed by atoms with Crippen LogP contribution in [0.5, 0.6) is 0 Å². The molecule has 0 heterocycles. The van der Waals surface area contributed by atoms with Gasteiger partial charge in [0.15, 0.2) is 0 Å². The number of aliphatic carboxylic acids is 1. The zero-order valence-corrected chi connectivity index (χ0v) is 12.4. The Hall–Kier alpha value is -1.73. The summed E-state index contributed by atoms with van der Waals surface area (Å²) in [4.78, 5) is 10.9. The Morgan fingerprint density at radius 2 is 2.20 bits per heavy atom. The van der Waals surface area contributed by atoms with Gasteiger partial charge in [-0.15, -0.1) is 0 Å². The first kappa shape index (κ1) is 16.3. The van der Waals surface area contributed by atoms with Gasteiger partial charge in [0.2, 0.25) is 0 Å². The van der Waals surface area contributed by atoms with Gasteiger partial charge in [0, 0.05) is 18.7 Å². The van der Waals surface area contributed by atoms with Crippen LogP contribution in [0.25, 0.3) is 0 Å². The molecule has 0 bridgehead atoms. The van der Waals surface area contributed by atoms with Crippen LogP contribution in [0, 0.1) is 23.2 Å². The lowest BCUT2D eigenvalue weighted by molar-refractivity contribution is -0.138. The molecule has 1 aromatic carbocycles. The van der Waals surface area contributed by atoms with Crippen LogP contribution in [0.2, 0.25) is 5.02 Å². The van der Waals surface area contributed by atoms with E-state index in [-0.39, 0.29) is 12.3 Å². The first-order valence-electron chi connectivity index (χ1n) is 6.57. The van der Waals surface area contributed by atoms with E-state index in [1.807, 2.05) is 6.07 Å². The van der Waals surface area contributed by atoms with Crippen LogP contribution in [0.15, 0.2) is 18.2 Å². The van der Waals surface area contributed by atoms with Crippen LogP contribution >= 0.6 is 11.6 Å². The van der Waals surface area contributed by atoms with Gasteiger partial charge in [-0.05, 0) is 36.5 Å². The average Bonchev–Trinajstić information content (AvgIpc) is 2.34. The minimum Gasteiger partial charge on any atom is -0.481 e. The maximum atomic E-state index is 10.9. The second-order valence-electron chi connectivity index (χ2n) is 5.28. The molecule has 0 fully saturated rings. The molecule has 1 atom stereocenters. The topological polar surface area (TPSA) is 73.1 Å². The SMILES string of the molecule is CC(C)CC(CNc1ccc(C#N)c(Cl)c1)CC(=O)O. The number of benzene rings is 1. The molecule has 0 saturated carbocycles. The highest BCUT2D eigenvalue weighted by molar-refractivity contribution is 6.32. The summed E-state index contributed by atoms with van der Waals surface area (Å²) in [6.45, 7) is 4.73. The Kier molecular flexibility index (Phi) is 6.33. The molecule has 1 aromatic rings. The number of nitrogens with zero attached hydrogens (tertiary/aromatic N) is 1. The lowest BCUT2D eigenvalue weighted by Gasteiger charge is -2.18. The lowest BCUT2D eigenvalue weighted by atomic mass is 9.94. The van der Waals surface area contributed by atoms with E-state index in [0.717, 1.165) is 12.1 Å². The van der Waals surface area contributed by atoms with Crippen LogP contribution < -0.4 is 5.32 Å². The van der Waals surface area contributed by atoms with Gasteiger partial charge in [0.05, 0.1) is 10.6 Å². The number of anilines is 1. The van der Waals surface area contributed by atoms with Gasteiger partial charge >= 0.3 is 5.97 Å². The van der Waals surface area contributed by atoms with Gasteiger partial charge < -0.3 is 10.4 Å². The van der Waals surface area contributed by atoms with Gasteiger partial charge in [-0.25, -0.2) is 0 Å². The highest BCUT2D eigenvalue weighted by atomic mass is 35.5. The number of carbonyl (C=O) groups is 1. The van der Waals surface area contributed by atoms with Crippen molar-refractivity contribution in [3.05, 3.63) is 28.8 Å². The van der Waals surface area contributed by atoms with Gasteiger partial charge in [0.25, 0.3) is 0 Å². The molecule has 2 N–H and O–H groups in total. The van der Waals surface area contributed by atoms with Crippen molar-refractivity contribution in [2.75, 3.05) is 11.9 Å². The van der Waals surface area contributed by atoms with Gasteiger partial charge in [-0.1, -0.05) is 25.4 Å².